The molecule has 2 aromatic carbocycles. The first-order chi connectivity index (χ1) is 11.6. The Kier molecular flexibility index (Phi) is 5.68. The molecule has 0 aliphatic heterocycles. The van der Waals surface area contributed by atoms with Crippen LogP contribution in [0.15, 0.2) is 49.1 Å². The number of nitrogens with one attached hydrogen (secondary N) is 1. The van der Waals surface area contributed by atoms with E-state index in [1.807, 2.05) is 24.3 Å². The fourth-order valence-corrected chi connectivity index (χ4v) is 2.15. The summed E-state index contributed by atoms with van der Waals surface area (Å²) in [6, 6.07) is 10.9. The van der Waals surface area contributed by atoms with Gasteiger partial charge >= 0.3 is 6.09 Å². The Morgan fingerprint density at radius 2 is 1.75 bits per heavy atom. The third-order valence-electron chi connectivity index (χ3n) is 3.34. The number of carbonyl (C=O) groups excluding carboxylic acids is 1. The summed E-state index contributed by atoms with van der Waals surface area (Å²) in [5.74, 6) is 1.11. The lowest BCUT2D eigenvalue weighted by molar-refractivity contribution is 0.174. The molecule has 6 heteroatoms. The third-order valence-corrected chi connectivity index (χ3v) is 3.34. The van der Waals surface area contributed by atoms with Gasteiger partial charge in [0, 0.05) is 0 Å². The molecule has 0 spiro atoms. The Balaban J connectivity index is 2.28. The van der Waals surface area contributed by atoms with E-state index in [2.05, 4.69) is 11.9 Å². The first kappa shape index (κ1) is 17.2. The lowest BCUT2D eigenvalue weighted by Gasteiger charge is -2.13. The third kappa shape index (κ3) is 3.98. The Bertz CT molecular complexity index is 744. The molecule has 1 amide bonds. The van der Waals surface area contributed by atoms with E-state index in [0.717, 1.165) is 11.1 Å². The average molecular weight is 328 g/mol. The molecule has 0 aromatic heterocycles. The van der Waals surface area contributed by atoms with Crippen LogP contribution in [0.2, 0.25) is 0 Å². The molecule has 0 aliphatic rings. The summed E-state index contributed by atoms with van der Waals surface area (Å²) >= 11 is 0. The molecule has 0 saturated carbocycles. The fraction of sp³-hybridized carbons (Fsp3) is 0.167. The van der Waals surface area contributed by atoms with Gasteiger partial charge in [0.2, 0.25) is 0 Å². The topological polar surface area (TPSA) is 82.8 Å². The molecule has 0 heterocycles. The predicted molar refractivity (Wildman–Crippen MR) is 94.6 cm³/mol. The summed E-state index contributed by atoms with van der Waals surface area (Å²) < 4.78 is 15.5. The summed E-state index contributed by atoms with van der Waals surface area (Å²) in [5, 5.41) is 2.63. The van der Waals surface area contributed by atoms with Crippen LogP contribution in [-0.4, -0.2) is 26.9 Å². The van der Waals surface area contributed by atoms with Gasteiger partial charge in [0.15, 0.2) is 0 Å². The lowest BCUT2D eigenvalue weighted by Crippen LogP contribution is -2.14. The van der Waals surface area contributed by atoms with E-state index in [0.29, 0.717) is 22.9 Å². The van der Waals surface area contributed by atoms with Gasteiger partial charge in [0.25, 0.3) is 0 Å². The minimum absolute atomic E-state index is 0.136. The van der Waals surface area contributed by atoms with Crippen molar-refractivity contribution in [2.24, 2.45) is 0 Å². The zero-order valence-corrected chi connectivity index (χ0v) is 13.7. The van der Waals surface area contributed by atoms with E-state index in [9.17, 15) is 4.79 Å². The number of ether oxygens (including phenoxy) is 3. The zero-order chi connectivity index (χ0) is 17.5. The van der Waals surface area contributed by atoms with Gasteiger partial charge in [-0.05, 0) is 35.4 Å². The van der Waals surface area contributed by atoms with Crippen LogP contribution in [0.5, 0.6) is 11.5 Å². The molecule has 0 unspecified atom stereocenters. The largest absolute Gasteiger partial charge is 0.495 e. The van der Waals surface area contributed by atoms with Crippen LogP contribution in [0.1, 0.15) is 0 Å². The van der Waals surface area contributed by atoms with Crippen molar-refractivity contribution in [1.82, 2.24) is 0 Å². The van der Waals surface area contributed by atoms with Crippen LogP contribution in [0.25, 0.3) is 11.1 Å². The highest BCUT2D eigenvalue weighted by molar-refractivity contribution is 5.88. The number of rotatable bonds is 6. The molecule has 2 rings (SSSR count). The van der Waals surface area contributed by atoms with E-state index in [1.165, 1.54) is 13.2 Å². The highest BCUT2D eigenvalue weighted by Crippen LogP contribution is 2.34. The fourth-order valence-electron chi connectivity index (χ4n) is 2.15. The molecule has 0 saturated heterocycles. The van der Waals surface area contributed by atoms with Crippen LogP contribution >= 0.6 is 0 Å². The van der Waals surface area contributed by atoms with Crippen molar-refractivity contribution in [2.45, 2.75) is 0 Å². The molecule has 3 N–H and O–H groups in total. The molecule has 6 nitrogen and oxygen atoms in total. The lowest BCUT2D eigenvalue weighted by atomic mass is 10.0. The summed E-state index contributed by atoms with van der Waals surface area (Å²) in [6.07, 6.45) is 0.920. The second-order valence-electron chi connectivity index (χ2n) is 4.88. The van der Waals surface area contributed by atoms with Crippen molar-refractivity contribution in [1.29, 1.82) is 0 Å². The van der Waals surface area contributed by atoms with Gasteiger partial charge in [0.05, 0.1) is 25.6 Å². The Morgan fingerprint density at radius 1 is 1.12 bits per heavy atom. The number of anilines is 2. The number of carbonyl (C=O) groups is 1. The van der Waals surface area contributed by atoms with E-state index in [4.69, 9.17) is 19.9 Å². The second-order valence-corrected chi connectivity index (χ2v) is 4.88. The van der Waals surface area contributed by atoms with Gasteiger partial charge in [0.1, 0.15) is 18.1 Å². The Hall–Kier alpha value is -3.15. The molecule has 0 atom stereocenters. The molecule has 2 aromatic rings. The van der Waals surface area contributed by atoms with Crippen LogP contribution in [0.4, 0.5) is 16.2 Å². The van der Waals surface area contributed by atoms with Crippen LogP contribution in [0.3, 0.4) is 0 Å². The van der Waals surface area contributed by atoms with Crippen molar-refractivity contribution < 1.29 is 19.0 Å². The standard InChI is InChI=1S/C18H20N2O4/c1-4-9-24-18(21)20-15-8-6-13(11-17(15)23-3)12-5-7-14(19)16(10-12)22-2/h4-8,10-11H,1,9,19H2,2-3H3,(H,20,21). The van der Waals surface area contributed by atoms with Crippen molar-refractivity contribution >= 4 is 17.5 Å². The Morgan fingerprint density at radius 3 is 2.38 bits per heavy atom. The van der Waals surface area contributed by atoms with Gasteiger partial charge in [-0.1, -0.05) is 24.8 Å². The highest BCUT2D eigenvalue weighted by atomic mass is 16.5. The van der Waals surface area contributed by atoms with Gasteiger partial charge < -0.3 is 19.9 Å². The summed E-state index contributed by atoms with van der Waals surface area (Å²) in [4.78, 5) is 11.6. The van der Waals surface area contributed by atoms with Gasteiger partial charge in [-0.2, -0.15) is 0 Å². The van der Waals surface area contributed by atoms with E-state index < -0.39 is 6.09 Å². The maximum absolute atomic E-state index is 11.6. The quantitative estimate of drug-likeness (QED) is 0.624. The average Bonchev–Trinajstić information content (AvgIpc) is 2.60. The summed E-state index contributed by atoms with van der Waals surface area (Å²) in [7, 11) is 3.10. The number of hydrogen-bond donors (Lipinski definition) is 2. The van der Waals surface area contributed by atoms with E-state index in [-0.39, 0.29) is 6.61 Å². The van der Waals surface area contributed by atoms with Gasteiger partial charge in [-0.3, -0.25) is 5.32 Å². The summed E-state index contributed by atoms with van der Waals surface area (Å²) in [6.45, 7) is 3.63. The van der Waals surface area contributed by atoms with E-state index in [1.54, 1.807) is 19.2 Å². The monoisotopic (exact) mass is 328 g/mol. The minimum atomic E-state index is -0.574. The molecule has 0 aliphatic carbocycles. The molecular formula is C18H20N2O4. The summed E-state index contributed by atoms with van der Waals surface area (Å²) in [5.41, 5.74) is 8.73. The van der Waals surface area contributed by atoms with Crippen LogP contribution < -0.4 is 20.5 Å². The molecule has 24 heavy (non-hydrogen) atoms. The van der Waals surface area contributed by atoms with Crippen molar-refractivity contribution in [3.05, 3.63) is 49.1 Å². The first-order valence-electron chi connectivity index (χ1n) is 7.25. The molecule has 0 radical (unpaired) electrons. The number of hydrogen-bond acceptors (Lipinski definition) is 5. The maximum Gasteiger partial charge on any atom is 0.412 e. The predicted octanol–water partition coefficient (Wildman–Crippen LogP) is 3.69. The smallest absolute Gasteiger partial charge is 0.412 e. The molecule has 0 bridgehead atoms. The van der Waals surface area contributed by atoms with Crippen molar-refractivity contribution in [2.75, 3.05) is 31.9 Å². The number of nitrogens with two attached hydrogens (primary N) is 1. The number of amides is 1. The molecule has 0 fully saturated rings. The Labute approximate surface area is 140 Å². The van der Waals surface area contributed by atoms with E-state index >= 15 is 0 Å². The van der Waals surface area contributed by atoms with Crippen LogP contribution in [-0.2, 0) is 4.74 Å². The highest BCUT2D eigenvalue weighted by Gasteiger charge is 2.11. The SMILES string of the molecule is C=CCOC(=O)Nc1ccc(-c2ccc(N)c(OC)c2)cc1OC. The van der Waals surface area contributed by atoms with Crippen molar-refractivity contribution in [3.63, 3.8) is 0 Å². The van der Waals surface area contributed by atoms with Gasteiger partial charge in [-0.25, -0.2) is 4.79 Å². The molecule has 126 valence electrons. The minimum Gasteiger partial charge on any atom is -0.495 e. The molecular weight excluding hydrogens is 308 g/mol. The first-order valence-corrected chi connectivity index (χ1v) is 7.25. The maximum atomic E-state index is 11.6. The zero-order valence-electron chi connectivity index (χ0n) is 13.7. The van der Waals surface area contributed by atoms with Crippen molar-refractivity contribution in [3.8, 4) is 22.6 Å². The number of nitrogen functional groups attached to an aromatic ring is 1. The van der Waals surface area contributed by atoms with Gasteiger partial charge in [-0.15, -0.1) is 0 Å². The number of benzene rings is 2. The number of methoxy groups -OCH3 is 2. The normalized spacial score (nSPS) is 9.92. The second kappa shape index (κ2) is 7.92. The van der Waals surface area contributed by atoms with Crippen LogP contribution in [0, 0.1) is 0 Å².